The van der Waals surface area contributed by atoms with E-state index in [0.717, 1.165) is 23.5 Å². The van der Waals surface area contributed by atoms with E-state index in [1.54, 1.807) is 0 Å². The molecule has 0 radical (unpaired) electrons. The van der Waals surface area contributed by atoms with Gasteiger partial charge in [0.2, 0.25) is 0 Å². The Labute approximate surface area is 132 Å². The molecule has 1 atom stereocenters. The lowest BCUT2D eigenvalue weighted by atomic mass is 9.48. The monoisotopic (exact) mass is 302 g/mol. The minimum atomic E-state index is -0.470. The van der Waals surface area contributed by atoms with Gasteiger partial charge in [0.15, 0.2) is 0 Å². The average Bonchev–Trinajstić information content (AvgIpc) is 2.51. The number of hydrogen-bond donors (Lipinski definition) is 2. The molecule has 0 spiro atoms. The van der Waals surface area contributed by atoms with Gasteiger partial charge < -0.3 is 15.6 Å². The van der Waals surface area contributed by atoms with Gasteiger partial charge >= 0.3 is 0 Å². The first-order valence-corrected chi connectivity index (χ1v) is 8.87. The fourth-order valence-corrected chi connectivity index (χ4v) is 5.64. The summed E-state index contributed by atoms with van der Waals surface area (Å²) in [5, 5.41) is 9.54. The number of hydrogen-bond acceptors (Lipinski definition) is 2. The fraction of sp³-hybridized carbons (Fsp3) is 0.684. The maximum atomic E-state index is 9.54. The van der Waals surface area contributed by atoms with E-state index >= 15 is 0 Å². The predicted octanol–water partition coefficient (Wildman–Crippen LogP) is 2.14. The summed E-state index contributed by atoms with van der Waals surface area (Å²) in [4.78, 5) is 0. The molecule has 4 aliphatic rings. The Hall–Kier alpha value is -1.06. The van der Waals surface area contributed by atoms with Crippen LogP contribution in [0.2, 0.25) is 0 Å². The van der Waals surface area contributed by atoms with Gasteiger partial charge in [0.25, 0.3) is 0 Å². The Morgan fingerprint density at radius 3 is 2.09 bits per heavy atom. The number of rotatable bonds is 5. The van der Waals surface area contributed by atoms with Gasteiger partial charge in [-0.3, -0.25) is 0 Å². The maximum absolute atomic E-state index is 9.54. The van der Waals surface area contributed by atoms with Gasteiger partial charge in [-0.2, -0.15) is 0 Å². The molecule has 4 N–H and O–H groups in total. The number of aliphatic hydroxyl groups excluding tert-OH is 1. The number of ether oxygens (including phenoxy) is 1. The van der Waals surface area contributed by atoms with E-state index in [2.05, 4.69) is 30.0 Å². The highest BCUT2D eigenvalue weighted by molar-refractivity contribution is 5.34. The SMILES string of the molecule is [NH3+]CC(O)COc1ccc(C23CC4CC(CC(C4)C2)C3)cc1. The van der Waals surface area contributed by atoms with Crippen LogP contribution in [0.15, 0.2) is 24.3 Å². The van der Waals surface area contributed by atoms with Crippen molar-refractivity contribution in [2.24, 2.45) is 17.8 Å². The average molecular weight is 302 g/mol. The van der Waals surface area contributed by atoms with Crippen molar-refractivity contribution in [1.29, 1.82) is 0 Å². The van der Waals surface area contributed by atoms with Crippen LogP contribution in [-0.2, 0) is 5.41 Å². The fourth-order valence-electron chi connectivity index (χ4n) is 5.64. The quantitative estimate of drug-likeness (QED) is 0.875. The lowest BCUT2D eigenvalue weighted by Crippen LogP contribution is -2.56. The van der Waals surface area contributed by atoms with E-state index < -0.39 is 6.10 Å². The van der Waals surface area contributed by atoms with Crippen molar-refractivity contribution in [3.05, 3.63) is 29.8 Å². The Bertz CT molecular complexity index is 489. The Balaban J connectivity index is 1.49. The van der Waals surface area contributed by atoms with Gasteiger partial charge in [-0.05, 0) is 79.4 Å². The van der Waals surface area contributed by atoms with Crippen molar-refractivity contribution < 1.29 is 15.6 Å². The first-order chi connectivity index (χ1) is 10.7. The third-order valence-electron chi connectivity index (χ3n) is 6.28. The molecule has 0 heterocycles. The molecule has 4 saturated carbocycles. The zero-order valence-corrected chi connectivity index (χ0v) is 13.3. The van der Waals surface area contributed by atoms with E-state index in [-0.39, 0.29) is 0 Å². The van der Waals surface area contributed by atoms with Crippen molar-refractivity contribution in [3.8, 4) is 5.75 Å². The highest BCUT2D eigenvalue weighted by Gasteiger charge is 2.51. The number of quaternary nitrogens is 1. The summed E-state index contributed by atoms with van der Waals surface area (Å²) in [6.07, 6.45) is 8.21. The van der Waals surface area contributed by atoms with Gasteiger partial charge in [-0.15, -0.1) is 0 Å². The molecule has 120 valence electrons. The first kappa shape index (κ1) is 14.5. The molecule has 3 heteroatoms. The van der Waals surface area contributed by atoms with E-state index in [9.17, 15) is 5.11 Å². The highest BCUT2D eigenvalue weighted by atomic mass is 16.5. The van der Waals surface area contributed by atoms with Crippen LogP contribution in [0, 0.1) is 17.8 Å². The number of benzene rings is 1. The lowest BCUT2D eigenvalue weighted by molar-refractivity contribution is -0.384. The predicted molar refractivity (Wildman–Crippen MR) is 85.5 cm³/mol. The first-order valence-electron chi connectivity index (χ1n) is 8.87. The summed E-state index contributed by atoms with van der Waals surface area (Å²) < 4.78 is 5.64. The Morgan fingerprint density at radius 2 is 1.59 bits per heavy atom. The Kier molecular flexibility index (Phi) is 3.66. The van der Waals surface area contributed by atoms with Crippen LogP contribution in [0.1, 0.15) is 44.1 Å². The van der Waals surface area contributed by atoms with Crippen LogP contribution >= 0.6 is 0 Å². The molecule has 0 aliphatic heterocycles. The summed E-state index contributed by atoms with van der Waals surface area (Å²) in [6, 6.07) is 8.73. The van der Waals surface area contributed by atoms with E-state index in [1.807, 2.05) is 0 Å². The summed E-state index contributed by atoms with van der Waals surface area (Å²) in [7, 11) is 0. The molecule has 4 fully saturated rings. The molecule has 1 aromatic carbocycles. The van der Waals surface area contributed by atoms with Gasteiger partial charge in [0.05, 0.1) is 0 Å². The van der Waals surface area contributed by atoms with Gasteiger partial charge in [0.1, 0.15) is 25.0 Å². The van der Waals surface area contributed by atoms with Crippen LogP contribution in [0.5, 0.6) is 5.75 Å². The normalized spacial score (nSPS) is 37.3. The molecule has 22 heavy (non-hydrogen) atoms. The van der Waals surface area contributed by atoms with E-state index in [4.69, 9.17) is 4.74 Å². The third kappa shape index (κ3) is 2.55. The molecule has 4 aliphatic carbocycles. The smallest absolute Gasteiger partial charge is 0.136 e. The zero-order valence-electron chi connectivity index (χ0n) is 13.3. The van der Waals surface area contributed by atoms with E-state index in [1.165, 1.54) is 44.1 Å². The van der Waals surface area contributed by atoms with Crippen LogP contribution in [0.4, 0.5) is 0 Å². The topological polar surface area (TPSA) is 57.1 Å². The van der Waals surface area contributed by atoms with Gasteiger partial charge in [0, 0.05) is 0 Å². The minimum absolute atomic E-state index is 0.334. The van der Waals surface area contributed by atoms with Crippen LogP contribution in [-0.4, -0.2) is 24.4 Å². The van der Waals surface area contributed by atoms with Crippen LogP contribution in [0.25, 0.3) is 0 Å². The highest BCUT2D eigenvalue weighted by Crippen LogP contribution is 2.60. The molecule has 1 unspecified atom stereocenters. The van der Waals surface area contributed by atoms with Crippen molar-refractivity contribution in [1.82, 2.24) is 0 Å². The van der Waals surface area contributed by atoms with Gasteiger partial charge in [-0.25, -0.2) is 0 Å². The maximum Gasteiger partial charge on any atom is 0.136 e. The van der Waals surface area contributed by atoms with Crippen LogP contribution < -0.4 is 10.5 Å². The molecular weight excluding hydrogens is 274 g/mol. The molecule has 0 saturated heterocycles. The summed E-state index contributed by atoms with van der Waals surface area (Å²) in [5.74, 6) is 3.80. The molecule has 4 bridgehead atoms. The zero-order chi connectivity index (χ0) is 15.2. The second-order valence-corrected chi connectivity index (χ2v) is 7.98. The molecule has 0 amide bonds. The second-order valence-electron chi connectivity index (χ2n) is 7.98. The summed E-state index contributed by atoms with van der Waals surface area (Å²) in [6.45, 7) is 0.825. The van der Waals surface area contributed by atoms with Crippen molar-refractivity contribution in [2.45, 2.75) is 50.0 Å². The molecule has 5 rings (SSSR count). The summed E-state index contributed by atoms with van der Waals surface area (Å²) in [5.41, 5.74) is 5.67. The van der Waals surface area contributed by atoms with Crippen molar-refractivity contribution >= 4 is 0 Å². The molecular formula is C19H28NO2+. The second kappa shape index (κ2) is 5.54. The summed E-state index contributed by atoms with van der Waals surface area (Å²) >= 11 is 0. The van der Waals surface area contributed by atoms with Crippen molar-refractivity contribution in [3.63, 3.8) is 0 Å². The van der Waals surface area contributed by atoms with Gasteiger partial charge in [-0.1, -0.05) is 12.1 Å². The largest absolute Gasteiger partial charge is 0.491 e. The Morgan fingerprint density at radius 1 is 1.05 bits per heavy atom. The van der Waals surface area contributed by atoms with Crippen molar-refractivity contribution in [2.75, 3.05) is 13.2 Å². The minimum Gasteiger partial charge on any atom is -0.491 e. The molecule has 0 aromatic heterocycles. The molecule has 3 nitrogen and oxygen atoms in total. The van der Waals surface area contributed by atoms with E-state index in [0.29, 0.717) is 18.6 Å². The lowest BCUT2D eigenvalue weighted by Gasteiger charge is -2.57. The standard InChI is InChI=1S/C19H27NO2/c20-11-17(21)12-22-18-3-1-16(2-4-18)19-8-13-5-14(9-19)7-15(6-13)10-19/h1-4,13-15,17,21H,5-12,20H2/p+1. The molecule has 1 aromatic rings. The number of aliphatic hydroxyl groups is 1. The third-order valence-corrected chi connectivity index (χ3v) is 6.28. The van der Waals surface area contributed by atoms with Crippen LogP contribution in [0.3, 0.4) is 0 Å².